The van der Waals surface area contributed by atoms with Crippen molar-refractivity contribution in [3.05, 3.63) is 23.0 Å². The highest BCUT2D eigenvalue weighted by molar-refractivity contribution is 9.00. The molecule has 25 heavy (non-hydrogen) atoms. The molecule has 8 nitrogen and oxygen atoms in total. The molecule has 0 bridgehead atoms. The maximum absolute atomic E-state index is 11.8. The van der Waals surface area contributed by atoms with Gasteiger partial charge in [-0.25, -0.2) is 9.97 Å². The van der Waals surface area contributed by atoms with Gasteiger partial charge in [0, 0.05) is 11.5 Å². The number of nitrogens with zero attached hydrogens (tertiary/aromatic N) is 3. The molecule has 4 heterocycles. The number of aliphatic hydroxyl groups excluding tert-OH is 1. The van der Waals surface area contributed by atoms with E-state index in [1.54, 1.807) is 27.3 Å². The van der Waals surface area contributed by atoms with E-state index in [2.05, 4.69) is 15.0 Å². The first-order valence-corrected chi connectivity index (χ1v) is 13.7. The van der Waals surface area contributed by atoms with E-state index in [0.29, 0.717) is 12.1 Å². The lowest BCUT2D eigenvalue weighted by atomic mass is 10.1. The zero-order valence-electron chi connectivity index (χ0n) is 13.3. The highest BCUT2D eigenvalue weighted by atomic mass is 33.2. The molecule has 0 unspecified atom stereocenters. The van der Waals surface area contributed by atoms with Gasteiger partial charge in [-0.2, -0.15) is 0 Å². The minimum atomic E-state index is -2.04. The number of hydrogen-bond acceptors (Lipinski definition) is 9. The van der Waals surface area contributed by atoms with Crippen LogP contribution in [0.2, 0.25) is 0 Å². The fourth-order valence-corrected chi connectivity index (χ4v) is 12.3. The number of imidazole rings is 1. The lowest BCUT2D eigenvalue weighted by Crippen LogP contribution is -2.33. The monoisotopic (exact) mass is 420 g/mol. The summed E-state index contributed by atoms with van der Waals surface area (Å²) in [4.78, 5) is 22.6. The Kier molecular flexibility index (Phi) is 5.00. The molecule has 2 aromatic rings. The van der Waals surface area contributed by atoms with Gasteiger partial charge in [0.25, 0.3) is 5.56 Å². The molecule has 2 aromatic heterocycles. The predicted octanol–water partition coefficient (Wildman–Crippen LogP) is 1.88. The van der Waals surface area contributed by atoms with Crippen molar-refractivity contribution >= 4 is 50.4 Å². The minimum Gasteiger partial charge on any atom is -0.386 e. The Morgan fingerprint density at radius 3 is 3.00 bits per heavy atom. The van der Waals surface area contributed by atoms with Crippen molar-refractivity contribution < 1.29 is 14.4 Å². The molecule has 0 aliphatic carbocycles. The largest absolute Gasteiger partial charge is 0.386 e. The molecule has 0 spiro atoms. The summed E-state index contributed by atoms with van der Waals surface area (Å²) in [5.41, 5.74) is 0.255. The lowest BCUT2D eigenvalue weighted by molar-refractivity contribution is -0.0355. The Morgan fingerprint density at radius 1 is 1.52 bits per heavy atom. The predicted molar refractivity (Wildman–Crippen MR) is 102 cm³/mol. The van der Waals surface area contributed by atoms with E-state index in [0.717, 1.165) is 11.5 Å². The van der Waals surface area contributed by atoms with E-state index in [4.69, 9.17) is 21.1 Å². The first kappa shape index (κ1) is 18.0. The maximum atomic E-state index is 11.8. The second kappa shape index (κ2) is 6.95. The van der Waals surface area contributed by atoms with Gasteiger partial charge in [-0.1, -0.05) is 29.7 Å². The number of hydrogen-bond donors (Lipinski definition) is 2. The third-order valence-electron chi connectivity index (χ3n) is 4.18. The third kappa shape index (κ3) is 3.20. The van der Waals surface area contributed by atoms with Gasteiger partial charge < -0.3 is 19.4 Å². The van der Waals surface area contributed by atoms with Crippen molar-refractivity contribution in [3.63, 3.8) is 0 Å². The Labute approximate surface area is 156 Å². The van der Waals surface area contributed by atoms with Gasteiger partial charge in [0.2, 0.25) is 0 Å². The minimum absolute atomic E-state index is 0.213. The number of nitrogens with one attached hydrogen (secondary N) is 1. The maximum Gasteiger partial charge on any atom is 0.278 e. The molecule has 0 amide bonds. The Bertz CT molecular complexity index is 880. The first-order chi connectivity index (χ1) is 12.0. The summed E-state index contributed by atoms with van der Waals surface area (Å²) in [6, 6.07) is 0. The topological polar surface area (TPSA) is 102 Å². The highest BCUT2D eigenvalue weighted by Gasteiger charge is 2.48. The zero-order valence-corrected chi connectivity index (χ0v) is 16.6. The van der Waals surface area contributed by atoms with Crippen LogP contribution in [0.25, 0.3) is 11.2 Å². The molecule has 12 heteroatoms. The van der Waals surface area contributed by atoms with Crippen LogP contribution >= 0.6 is 27.4 Å². The van der Waals surface area contributed by atoms with Crippen LogP contribution in [-0.4, -0.2) is 54.4 Å². The van der Waals surface area contributed by atoms with Crippen LogP contribution in [0.1, 0.15) is 19.6 Å². The van der Waals surface area contributed by atoms with Gasteiger partial charge >= 0.3 is 0 Å². The van der Waals surface area contributed by atoms with Crippen LogP contribution in [-0.2, 0) is 21.1 Å². The van der Waals surface area contributed by atoms with Crippen molar-refractivity contribution in [1.29, 1.82) is 0 Å². The zero-order chi connectivity index (χ0) is 17.6. The van der Waals surface area contributed by atoms with Crippen molar-refractivity contribution in [2.24, 2.45) is 0 Å². The van der Waals surface area contributed by atoms with E-state index in [1.807, 2.05) is 6.92 Å². The summed E-state index contributed by atoms with van der Waals surface area (Å²) in [6.07, 6.45) is 1.06. The molecular weight excluding hydrogens is 403 g/mol. The quantitative estimate of drug-likeness (QED) is 0.718. The van der Waals surface area contributed by atoms with E-state index in [1.165, 1.54) is 12.7 Å². The third-order valence-corrected chi connectivity index (χ3v) is 13.9. The number of rotatable bonds is 4. The number of aliphatic hydroxyl groups is 1. The molecule has 2 aliphatic heterocycles. The van der Waals surface area contributed by atoms with Gasteiger partial charge in [0.15, 0.2) is 22.1 Å². The summed E-state index contributed by atoms with van der Waals surface area (Å²) in [6.45, 7) is 1.98. The molecule has 2 N–H and O–H groups in total. The average molecular weight is 420 g/mol. The van der Waals surface area contributed by atoms with E-state index in [-0.39, 0.29) is 17.2 Å². The number of aromatic nitrogens is 4. The molecular formula is C13H17N4O4PS3. The average Bonchev–Trinajstić information content (AvgIpc) is 3.28. The van der Waals surface area contributed by atoms with Crippen LogP contribution in [0.15, 0.2) is 17.4 Å². The van der Waals surface area contributed by atoms with Crippen LogP contribution < -0.4 is 5.56 Å². The van der Waals surface area contributed by atoms with Gasteiger partial charge in [-0.05, 0) is 18.2 Å². The summed E-state index contributed by atoms with van der Waals surface area (Å²) < 4.78 is 11.8. The fourth-order valence-electron chi connectivity index (χ4n) is 3.00. The van der Waals surface area contributed by atoms with Gasteiger partial charge in [0.1, 0.15) is 12.2 Å². The number of ether oxygens (including phenoxy) is 1. The molecule has 136 valence electrons. The summed E-state index contributed by atoms with van der Waals surface area (Å²) in [7, 11) is 0. The van der Waals surface area contributed by atoms with E-state index >= 15 is 0 Å². The lowest BCUT2D eigenvalue weighted by Gasteiger charge is -2.25. The van der Waals surface area contributed by atoms with Crippen molar-refractivity contribution in [1.82, 2.24) is 19.5 Å². The summed E-state index contributed by atoms with van der Waals surface area (Å²) >= 11 is 9.01. The van der Waals surface area contributed by atoms with Gasteiger partial charge in [-0.3, -0.25) is 9.36 Å². The Morgan fingerprint density at radius 2 is 2.28 bits per heavy atom. The fraction of sp³-hybridized carbons (Fsp3) is 0.615. The molecule has 2 aliphatic rings. The van der Waals surface area contributed by atoms with Crippen LogP contribution in [0.5, 0.6) is 0 Å². The van der Waals surface area contributed by atoms with Gasteiger partial charge in [0.05, 0.1) is 18.8 Å². The van der Waals surface area contributed by atoms with Crippen LogP contribution in [0.3, 0.4) is 0 Å². The molecule has 2 saturated heterocycles. The molecule has 4 atom stereocenters. The molecule has 4 rings (SSSR count). The smallest absolute Gasteiger partial charge is 0.278 e. The second-order valence-electron chi connectivity index (χ2n) is 5.70. The standard InChI is InChI=1S/C13H17N4O4PS3/c1-2-7-10(21-22(23)24-3-4-25-22)9(18)13(20-7)17-6-16-8-11(17)14-5-15-12(8)19/h5-7,9-10,13,18H,2-4H2,1H3,(H,14,15,19)/t7-,9-,10-,13-/m1/s1. The molecule has 0 radical (unpaired) electrons. The van der Waals surface area contributed by atoms with E-state index in [9.17, 15) is 9.90 Å². The molecule has 2 fully saturated rings. The normalized spacial score (nSPS) is 31.8. The van der Waals surface area contributed by atoms with E-state index < -0.39 is 23.1 Å². The second-order valence-corrected chi connectivity index (χ2v) is 16.4. The van der Waals surface area contributed by atoms with Gasteiger partial charge in [-0.15, -0.1) is 0 Å². The molecule has 0 aromatic carbocycles. The molecule has 0 saturated carbocycles. The first-order valence-electron chi connectivity index (χ1n) is 7.83. The van der Waals surface area contributed by atoms with Crippen molar-refractivity contribution in [2.75, 3.05) is 11.5 Å². The summed E-state index contributed by atoms with van der Waals surface area (Å²) in [5.74, 6) is 1.95. The van der Waals surface area contributed by atoms with Crippen molar-refractivity contribution in [2.45, 2.75) is 37.9 Å². The Hall–Kier alpha value is -0.420. The van der Waals surface area contributed by atoms with Crippen LogP contribution in [0.4, 0.5) is 0 Å². The Balaban J connectivity index is 1.65. The highest BCUT2D eigenvalue weighted by Crippen LogP contribution is 2.75. The van der Waals surface area contributed by atoms with Crippen LogP contribution in [0, 0.1) is 0 Å². The number of aromatic amines is 1. The van der Waals surface area contributed by atoms with Crippen molar-refractivity contribution in [3.8, 4) is 0 Å². The number of fused-ring (bicyclic) bond motifs is 1. The SMILES string of the molecule is CC[C@H]1O[C@@H](n2cnc3c(=O)[nH]cnc32)[C@H](O)[C@@H]1OP1(=S)SCCS1. The summed E-state index contributed by atoms with van der Waals surface area (Å²) in [5, 5.41) is 10.9. The number of H-pyrrole nitrogens is 1.